The molecule has 1 saturated heterocycles. The molecule has 8 heteroatoms. The molecule has 0 bridgehead atoms. The first kappa shape index (κ1) is 21.3. The molecule has 2 aromatic carbocycles. The number of benzene rings is 2. The van der Waals surface area contributed by atoms with Crippen LogP contribution < -0.4 is 5.32 Å². The second kappa shape index (κ2) is 8.42. The third-order valence-corrected chi connectivity index (χ3v) is 9.25. The summed E-state index contributed by atoms with van der Waals surface area (Å²) < 4.78 is 27.9. The number of anilines is 1. The van der Waals surface area contributed by atoms with E-state index in [0.717, 1.165) is 48.2 Å². The molecule has 6 nitrogen and oxygen atoms in total. The highest BCUT2D eigenvalue weighted by Gasteiger charge is 2.32. The van der Waals surface area contributed by atoms with Crippen molar-refractivity contribution in [3.63, 3.8) is 0 Å². The Bertz CT molecular complexity index is 1270. The first-order valence-electron chi connectivity index (χ1n) is 11.0. The number of hydrogen-bond donors (Lipinski definition) is 1. The fourth-order valence-electron chi connectivity index (χ4n) is 4.60. The van der Waals surface area contributed by atoms with Crippen molar-refractivity contribution in [1.82, 2.24) is 9.29 Å². The smallest absolute Gasteiger partial charge is 0.257 e. The van der Waals surface area contributed by atoms with Gasteiger partial charge in [-0.2, -0.15) is 4.31 Å². The van der Waals surface area contributed by atoms with Gasteiger partial charge in [-0.25, -0.2) is 13.4 Å². The van der Waals surface area contributed by atoms with Crippen molar-refractivity contribution in [2.45, 2.75) is 50.0 Å². The van der Waals surface area contributed by atoms with E-state index in [2.05, 4.69) is 22.4 Å². The topological polar surface area (TPSA) is 79.4 Å². The molecule has 1 amide bonds. The molecule has 1 aliphatic carbocycles. The summed E-state index contributed by atoms with van der Waals surface area (Å²) in [5.74, 6) is -0.293. The van der Waals surface area contributed by atoms with Crippen molar-refractivity contribution in [2.24, 2.45) is 0 Å². The predicted molar refractivity (Wildman–Crippen MR) is 127 cm³/mol. The molecule has 2 aliphatic rings. The molecule has 1 aromatic heterocycles. The second-order valence-corrected chi connectivity index (χ2v) is 11.3. The first-order valence-corrected chi connectivity index (χ1v) is 13.2. The van der Waals surface area contributed by atoms with Crippen LogP contribution in [0.4, 0.5) is 5.13 Å². The van der Waals surface area contributed by atoms with E-state index in [1.54, 1.807) is 16.4 Å². The van der Waals surface area contributed by atoms with Crippen molar-refractivity contribution >= 4 is 32.4 Å². The van der Waals surface area contributed by atoms with Gasteiger partial charge in [0.2, 0.25) is 10.0 Å². The van der Waals surface area contributed by atoms with Gasteiger partial charge in [-0.1, -0.05) is 37.6 Å². The lowest BCUT2D eigenvalue weighted by molar-refractivity contribution is 0.102. The van der Waals surface area contributed by atoms with E-state index in [0.29, 0.717) is 17.2 Å². The highest BCUT2D eigenvalue weighted by molar-refractivity contribution is 7.89. The van der Waals surface area contributed by atoms with Crippen LogP contribution in [0.1, 0.15) is 53.4 Å². The lowest BCUT2D eigenvalue weighted by atomic mass is 10.0. The minimum Gasteiger partial charge on any atom is -0.298 e. The molecule has 0 saturated carbocycles. The lowest BCUT2D eigenvalue weighted by Gasteiger charge is -2.34. The second-order valence-electron chi connectivity index (χ2n) is 8.28. The summed E-state index contributed by atoms with van der Waals surface area (Å²) in [6, 6.07) is 14.4. The largest absolute Gasteiger partial charge is 0.298 e. The fraction of sp³-hybridized carbons (Fsp3) is 0.333. The van der Waals surface area contributed by atoms with Gasteiger partial charge in [-0.15, -0.1) is 11.3 Å². The highest BCUT2D eigenvalue weighted by Crippen LogP contribution is 2.40. The minimum absolute atomic E-state index is 0.0497. The third kappa shape index (κ3) is 3.76. The lowest BCUT2D eigenvalue weighted by Crippen LogP contribution is -2.43. The van der Waals surface area contributed by atoms with Crippen LogP contribution >= 0.6 is 11.3 Å². The van der Waals surface area contributed by atoms with Crippen molar-refractivity contribution in [3.05, 3.63) is 64.5 Å². The monoisotopic (exact) mass is 467 g/mol. The van der Waals surface area contributed by atoms with Crippen LogP contribution in [-0.4, -0.2) is 36.2 Å². The summed E-state index contributed by atoms with van der Waals surface area (Å²) in [5, 5.41) is 3.43. The highest BCUT2D eigenvalue weighted by atomic mass is 32.2. The molecule has 32 heavy (non-hydrogen) atoms. The summed E-state index contributed by atoms with van der Waals surface area (Å²) in [6.07, 6.45) is 4.50. The molecule has 1 atom stereocenters. The Morgan fingerprint density at radius 2 is 1.94 bits per heavy atom. The zero-order valence-electron chi connectivity index (χ0n) is 17.9. The van der Waals surface area contributed by atoms with E-state index < -0.39 is 10.0 Å². The van der Waals surface area contributed by atoms with Crippen LogP contribution in [0.25, 0.3) is 11.3 Å². The number of rotatable bonds is 5. The molecule has 166 valence electrons. The molecule has 1 N–H and O–H groups in total. The normalized spacial score (nSPS) is 18.2. The van der Waals surface area contributed by atoms with Gasteiger partial charge in [-0.05, 0) is 49.1 Å². The van der Waals surface area contributed by atoms with Gasteiger partial charge in [0.1, 0.15) is 0 Å². The quantitative estimate of drug-likeness (QED) is 0.452. The molecule has 1 unspecified atom stereocenters. The number of thiazole rings is 1. The van der Waals surface area contributed by atoms with Crippen LogP contribution in [-0.2, 0) is 16.4 Å². The third-order valence-electron chi connectivity index (χ3n) is 6.31. The molecule has 2 heterocycles. The Labute approximate surface area is 192 Å². The average molecular weight is 468 g/mol. The Morgan fingerprint density at radius 1 is 1.16 bits per heavy atom. The summed E-state index contributed by atoms with van der Waals surface area (Å²) in [6.45, 7) is 2.58. The minimum atomic E-state index is -3.56. The molecule has 5 rings (SSSR count). The zero-order chi connectivity index (χ0) is 22.3. The zero-order valence-corrected chi connectivity index (χ0v) is 19.5. The van der Waals surface area contributed by atoms with E-state index in [-0.39, 0.29) is 16.8 Å². The van der Waals surface area contributed by atoms with Crippen molar-refractivity contribution < 1.29 is 13.2 Å². The molecule has 3 aromatic rings. The SMILES string of the molecule is CCC1CCCCN1S(=O)(=O)c1ccc(C(=O)Nc2nc3c(s2)Cc2ccccc2-3)cc1. The van der Waals surface area contributed by atoms with Crippen molar-refractivity contribution in [2.75, 3.05) is 11.9 Å². The molecule has 1 aliphatic heterocycles. The Morgan fingerprint density at radius 3 is 2.72 bits per heavy atom. The van der Waals surface area contributed by atoms with E-state index in [1.807, 2.05) is 19.1 Å². The van der Waals surface area contributed by atoms with Gasteiger partial charge in [0.25, 0.3) is 5.91 Å². The number of nitrogens with zero attached hydrogens (tertiary/aromatic N) is 2. The number of carbonyl (C=O) groups excluding carboxylic acids is 1. The van der Waals surface area contributed by atoms with Crippen LogP contribution in [0.5, 0.6) is 0 Å². The number of aromatic nitrogens is 1. The Balaban J connectivity index is 1.31. The number of hydrogen-bond acceptors (Lipinski definition) is 5. The maximum absolute atomic E-state index is 13.1. The van der Waals surface area contributed by atoms with Crippen LogP contribution in [0.15, 0.2) is 53.4 Å². The Kier molecular flexibility index (Phi) is 5.61. The number of fused-ring (bicyclic) bond motifs is 3. The number of amides is 1. The number of piperidine rings is 1. The summed E-state index contributed by atoms with van der Waals surface area (Å²) >= 11 is 1.48. The van der Waals surface area contributed by atoms with Gasteiger partial charge >= 0.3 is 0 Å². The average Bonchev–Trinajstić information content (AvgIpc) is 3.36. The van der Waals surface area contributed by atoms with Crippen molar-refractivity contribution in [3.8, 4) is 11.3 Å². The van der Waals surface area contributed by atoms with Gasteiger partial charge < -0.3 is 0 Å². The van der Waals surface area contributed by atoms with Gasteiger partial charge in [0, 0.05) is 35.0 Å². The molecular formula is C24H25N3O3S2. The first-order chi connectivity index (χ1) is 15.5. The van der Waals surface area contributed by atoms with E-state index in [9.17, 15) is 13.2 Å². The maximum Gasteiger partial charge on any atom is 0.257 e. The standard InChI is InChI=1S/C24H25N3O3S2/c1-2-18-8-5-6-14-27(18)32(29,30)19-12-10-16(11-13-19)23(28)26-24-25-22-20-9-4-3-7-17(20)15-21(22)31-24/h3-4,7,9-13,18H,2,5-6,8,14-15H2,1H3,(H,25,26,28). The number of sulfonamides is 1. The summed E-state index contributed by atoms with van der Waals surface area (Å²) in [7, 11) is -3.56. The van der Waals surface area contributed by atoms with E-state index in [4.69, 9.17) is 0 Å². The summed E-state index contributed by atoms with van der Waals surface area (Å²) in [4.78, 5) is 18.7. The molecule has 0 spiro atoms. The van der Waals surface area contributed by atoms with Crippen LogP contribution in [0.3, 0.4) is 0 Å². The van der Waals surface area contributed by atoms with Gasteiger partial charge in [0.15, 0.2) is 5.13 Å². The Hall–Kier alpha value is -2.55. The van der Waals surface area contributed by atoms with Crippen LogP contribution in [0, 0.1) is 0 Å². The fourth-order valence-corrected chi connectivity index (χ4v) is 7.36. The van der Waals surface area contributed by atoms with E-state index in [1.165, 1.54) is 29.0 Å². The van der Waals surface area contributed by atoms with Crippen molar-refractivity contribution in [1.29, 1.82) is 0 Å². The molecule has 1 fully saturated rings. The summed E-state index contributed by atoms with van der Waals surface area (Å²) in [5.41, 5.74) is 3.73. The molecule has 0 radical (unpaired) electrons. The van der Waals surface area contributed by atoms with Gasteiger partial charge in [-0.3, -0.25) is 10.1 Å². The number of nitrogens with one attached hydrogen (secondary N) is 1. The maximum atomic E-state index is 13.1. The van der Waals surface area contributed by atoms with Gasteiger partial charge in [0.05, 0.1) is 10.6 Å². The molecular weight excluding hydrogens is 442 g/mol. The van der Waals surface area contributed by atoms with Crippen LogP contribution in [0.2, 0.25) is 0 Å². The number of carbonyl (C=O) groups is 1. The predicted octanol–water partition coefficient (Wildman–Crippen LogP) is 4.92. The van der Waals surface area contributed by atoms with E-state index >= 15 is 0 Å².